The van der Waals surface area contributed by atoms with Crippen LogP contribution in [-0.2, 0) is 0 Å². The predicted molar refractivity (Wildman–Crippen MR) is 81.7 cm³/mol. The number of carbonyl (C=O) groups excluding carboxylic acids is 1. The van der Waals surface area contributed by atoms with Gasteiger partial charge < -0.3 is 14.7 Å². The molecule has 1 aromatic heterocycles. The van der Waals surface area contributed by atoms with Gasteiger partial charge in [0.05, 0.1) is 18.9 Å². The van der Waals surface area contributed by atoms with Gasteiger partial charge in [0.25, 0.3) is 5.91 Å². The number of H-pyrrole nitrogens is 1. The van der Waals surface area contributed by atoms with Gasteiger partial charge in [-0.15, -0.1) is 0 Å². The van der Waals surface area contributed by atoms with Gasteiger partial charge in [-0.25, -0.2) is 0 Å². The highest BCUT2D eigenvalue weighted by Gasteiger charge is 2.24. The molecule has 0 aliphatic carbocycles. The summed E-state index contributed by atoms with van der Waals surface area (Å²) in [5.41, 5.74) is 1.98. The Bertz CT molecular complexity index is 660. The molecule has 1 aliphatic rings. The van der Waals surface area contributed by atoms with Gasteiger partial charge in [-0.1, -0.05) is 12.1 Å². The molecule has 0 bridgehead atoms. The molecule has 2 heterocycles. The molecule has 0 unspecified atom stereocenters. The van der Waals surface area contributed by atoms with E-state index in [9.17, 15) is 9.90 Å². The standard InChI is InChI=1S/C16H19N3O3/c1-22-15-5-3-2-4-12(15)13-10-14(18-17-13)16(21)19-8-6-11(20)7-9-19/h2-5,10-11,20H,6-9H2,1H3,(H,17,18). The molecule has 0 atom stereocenters. The molecule has 0 saturated carbocycles. The van der Waals surface area contributed by atoms with Crippen molar-refractivity contribution in [2.45, 2.75) is 18.9 Å². The lowest BCUT2D eigenvalue weighted by Crippen LogP contribution is -2.40. The molecule has 1 fully saturated rings. The van der Waals surface area contributed by atoms with Crippen molar-refractivity contribution in [3.05, 3.63) is 36.0 Å². The van der Waals surface area contributed by atoms with Gasteiger partial charge in [0.15, 0.2) is 0 Å². The molecule has 6 nitrogen and oxygen atoms in total. The molecule has 2 aromatic rings. The van der Waals surface area contributed by atoms with E-state index in [0.717, 1.165) is 5.56 Å². The monoisotopic (exact) mass is 301 g/mol. The molecule has 1 saturated heterocycles. The molecule has 1 aliphatic heterocycles. The summed E-state index contributed by atoms with van der Waals surface area (Å²) in [5, 5.41) is 16.5. The second-order valence-corrected chi connectivity index (χ2v) is 5.39. The Kier molecular flexibility index (Phi) is 4.11. The zero-order valence-electron chi connectivity index (χ0n) is 12.5. The summed E-state index contributed by atoms with van der Waals surface area (Å²) >= 11 is 0. The van der Waals surface area contributed by atoms with Crippen molar-refractivity contribution < 1.29 is 14.6 Å². The first-order valence-corrected chi connectivity index (χ1v) is 7.35. The maximum Gasteiger partial charge on any atom is 0.271 e. The van der Waals surface area contributed by atoms with Crippen LogP contribution < -0.4 is 4.74 Å². The Morgan fingerprint density at radius 1 is 1.36 bits per heavy atom. The smallest absolute Gasteiger partial charge is 0.271 e. The van der Waals surface area contributed by atoms with Gasteiger partial charge in [0.2, 0.25) is 0 Å². The SMILES string of the molecule is COc1ccccc1-c1cc(C(=O)N2CCC(O)CC2)[nH]n1. The lowest BCUT2D eigenvalue weighted by atomic mass is 10.1. The molecule has 3 rings (SSSR count). The highest BCUT2D eigenvalue weighted by molar-refractivity contribution is 5.93. The van der Waals surface area contributed by atoms with Crippen LogP contribution in [0.5, 0.6) is 5.75 Å². The number of ether oxygens (including phenoxy) is 1. The van der Waals surface area contributed by atoms with E-state index in [1.165, 1.54) is 0 Å². The lowest BCUT2D eigenvalue weighted by molar-refractivity contribution is 0.0541. The van der Waals surface area contributed by atoms with Crippen LogP contribution in [0.25, 0.3) is 11.3 Å². The molecule has 1 aromatic carbocycles. The van der Waals surface area contributed by atoms with Crippen molar-refractivity contribution in [1.82, 2.24) is 15.1 Å². The van der Waals surface area contributed by atoms with Gasteiger partial charge in [-0.05, 0) is 31.0 Å². The minimum absolute atomic E-state index is 0.0828. The van der Waals surface area contributed by atoms with Crippen LogP contribution in [-0.4, -0.2) is 52.4 Å². The topological polar surface area (TPSA) is 78.5 Å². The Labute approximate surface area is 128 Å². The molecule has 1 amide bonds. The van der Waals surface area contributed by atoms with Crippen LogP contribution in [0.1, 0.15) is 23.3 Å². The van der Waals surface area contributed by atoms with Crippen molar-refractivity contribution in [2.75, 3.05) is 20.2 Å². The second-order valence-electron chi connectivity index (χ2n) is 5.39. The van der Waals surface area contributed by atoms with Gasteiger partial charge >= 0.3 is 0 Å². The van der Waals surface area contributed by atoms with E-state index in [-0.39, 0.29) is 12.0 Å². The first-order valence-electron chi connectivity index (χ1n) is 7.35. The summed E-state index contributed by atoms with van der Waals surface area (Å²) in [4.78, 5) is 14.2. The number of nitrogens with one attached hydrogen (secondary N) is 1. The normalized spacial score (nSPS) is 15.8. The number of likely N-dealkylation sites (tertiary alicyclic amines) is 1. The number of aromatic nitrogens is 2. The van der Waals surface area contributed by atoms with Gasteiger partial charge in [0.1, 0.15) is 11.4 Å². The van der Waals surface area contributed by atoms with Crippen LogP contribution in [0.15, 0.2) is 30.3 Å². The molecular weight excluding hydrogens is 282 g/mol. The van der Waals surface area contributed by atoms with Crippen LogP contribution in [0, 0.1) is 0 Å². The number of aliphatic hydroxyl groups is 1. The molecule has 0 radical (unpaired) electrons. The largest absolute Gasteiger partial charge is 0.496 e. The second kappa shape index (κ2) is 6.19. The number of rotatable bonds is 3. The van der Waals surface area contributed by atoms with E-state index in [1.54, 1.807) is 18.1 Å². The summed E-state index contributed by atoms with van der Waals surface area (Å²) in [6, 6.07) is 9.30. The number of methoxy groups -OCH3 is 1. The Morgan fingerprint density at radius 3 is 2.82 bits per heavy atom. The molecule has 22 heavy (non-hydrogen) atoms. The van der Waals surface area contributed by atoms with Crippen LogP contribution >= 0.6 is 0 Å². The first-order chi connectivity index (χ1) is 10.7. The average Bonchev–Trinajstić information content (AvgIpc) is 3.04. The van der Waals surface area contributed by atoms with Gasteiger partial charge in [-0.3, -0.25) is 9.89 Å². The van der Waals surface area contributed by atoms with Crippen LogP contribution in [0.4, 0.5) is 0 Å². The average molecular weight is 301 g/mol. The number of para-hydroxylation sites is 1. The van der Waals surface area contributed by atoms with E-state index in [2.05, 4.69) is 10.2 Å². The zero-order valence-corrected chi connectivity index (χ0v) is 12.5. The fourth-order valence-corrected chi connectivity index (χ4v) is 2.66. The molecule has 0 spiro atoms. The Balaban J connectivity index is 1.80. The summed E-state index contributed by atoms with van der Waals surface area (Å²) < 4.78 is 5.32. The number of carbonyl (C=O) groups is 1. The third-order valence-corrected chi connectivity index (χ3v) is 3.94. The van der Waals surface area contributed by atoms with E-state index >= 15 is 0 Å². The molecule has 6 heteroatoms. The number of hydrogen-bond acceptors (Lipinski definition) is 4. The van der Waals surface area contributed by atoms with Crippen molar-refractivity contribution >= 4 is 5.91 Å². The Morgan fingerprint density at radius 2 is 2.09 bits per heavy atom. The van der Waals surface area contributed by atoms with Crippen molar-refractivity contribution in [1.29, 1.82) is 0 Å². The van der Waals surface area contributed by atoms with Crippen molar-refractivity contribution in [2.24, 2.45) is 0 Å². The van der Waals surface area contributed by atoms with E-state index < -0.39 is 0 Å². The van der Waals surface area contributed by atoms with Crippen molar-refractivity contribution in [3.63, 3.8) is 0 Å². The summed E-state index contributed by atoms with van der Waals surface area (Å²) in [6.07, 6.45) is 0.952. The van der Waals surface area contributed by atoms with Gasteiger partial charge in [-0.2, -0.15) is 5.10 Å². The highest BCUT2D eigenvalue weighted by atomic mass is 16.5. The fraction of sp³-hybridized carbons (Fsp3) is 0.375. The number of hydrogen-bond donors (Lipinski definition) is 2. The maximum atomic E-state index is 12.4. The summed E-state index contributed by atoms with van der Waals surface area (Å²) in [6.45, 7) is 1.14. The molecule has 116 valence electrons. The first kappa shape index (κ1) is 14.6. The van der Waals surface area contributed by atoms with E-state index in [4.69, 9.17) is 4.74 Å². The van der Waals surface area contributed by atoms with Crippen LogP contribution in [0.2, 0.25) is 0 Å². The Hall–Kier alpha value is -2.34. The minimum Gasteiger partial charge on any atom is -0.496 e. The highest BCUT2D eigenvalue weighted by Crippen LogP contribution is 2.28. The van der Waals surface area contributed by atoms with E-state index in [0.29, 0.717) is 43.1 Å². The number of benzene rings is 1. The lowest BCUT2D eigenvalue weighted by Gasteiger charge is -2.29. The maximum absolute atomic E-state index is 12.4. The number of piperidine rings is 1. The summed E-state index contributed by atoms with van der Waals surface area (Å²) in [5.74, 6) is 0.634. The molecular formula is C16H19N3O3. The number of amides is 1. The molecule has 2 N–H and O–H groups in total. The number of aromatic amines is 1. The van der Waals surface area contributed by atoms with Crippen molar-refractivity contribution in [3.8, 4) is 17.0 Å². The third-order valence-electron chi connectivity index (χ3n) is 3.94. The van der Waals surface area contributed by atoms with Crippen LogP contribution in [0.3, 0.4) is 0 Å². The number of nitrogens with zero attached hydrogens (tertiary/aromatic N) is 2. The third kappa shape index (κ3) is 2.82. The number of aliphatic hydroxyl groups excluding tert-OH is 1. The summed E-state index contributed by atoms with van der Waals surface area (Å²) in [7, 11) is 1.61. The zero-order chi connectivity index (χ0) is 15.5. The minimum atomic E-state index is -0.296. The van der Waals surface area contributed by atoms with Gasteiger partial charge in [0, 0.05) is 18.7 Å². The predicted octanol–water partition coefficient (Wildman–Crippen LogP) is 1.68. The quantitative estimate of drug-likeness (QED) is 0.904. The fourth-order valence-electron chi connectivity index (χ4n) is 2.66. The van der Waals surface area contributed by atoms with E-state index in [1.807, 2.05) is 24.3 Å².